The molecular formula is C76H108N4O26S3. The number of fused-ring (bicyclic) bond motifs is 2. The van der Waals surface area contributed by atoms with E-state index in [1.165, 1.54) is 47.4 Å². The number of hydrogen-bond acceptors (Lipinski definition) is 24. The number of nitrogens with one attached hydrogen (secondary N) is 2. The Balaban J connectivity index is 0.757. The Labute approximate surface area is 639 Å². The molecule has 606 valence electrons. The fourth-order valence-electron chi connectivity index (χ4n) is 10.8. The molecular weight excluding hydrogens is 1480 g/mol. The van der Waals surface area contributed by atoms with Crippen LogP contribution in [0.5, 0.6) is 0 Å². The Morgan fingerprint density at radius 2 is 0.908 bits per heavy atom. The largest absolute Gasteiger partial charge is 0.481 e. The molecule has 0 saturated heterocycles. The van der Waals surface area contributed by atoms with Crippen molar-refractivity contribution in [3.8, 4) is 22.5 Å². The molecule has 33 heteroatoms. The molecule has 0 unspecified atom stereocenters. The summed E-state index contributed by atoms with van der Waals surface area (Å²) in [7, 11) is -12.5. The van der Waals surface area contributed by atoms with E-state index in [0.717, 1.165) is 76.3 Å². The van der Waals surface area contributed by atoms with Crippen LogP contribution in [-0.4, -0.2) is 245 Å². The van der Waals surface area contributed by atoms with Gasteiger partial charge in [0.1, 0.15) is 16.2 Å². The average Bonchev–Trinajstić information content (AvgIpc) is 0.737. The monoisotopic (exact) mass is 1590 g/mol. The number of hydrogen-bond donors (Lipinski definition) is 6. The minimum Gasteiger partial charge on any atom is -0.481 e. The number of aliphatic carboxylic acids is 1. The lowest BCUT2D eigenvalue weighted by molar-refractivity contribution is -0.138. The number of anilines is 1. The second-order valence-electron chi connectivity index (χ2n) is 25.1. The first-order chi connectivity index (χ1) is 52.7. The highest BCUT2D eigenvalue weighted by Gasteiger charge is 2.27. The molecule has 2 amide bonds. The van der Waals surface area contributed by atoms with Crippen molar-refractivity contribution >= 4 is 64.8 Å². The molecule has 1 aliphatic heterocycles. The molecule has 0 bridgehead atoms. The number of carbonyl (C=O) groups excluding carboxylic acids is 2. The third kappa shape index (κ3) is 36.8. The summed E-state index contributed by atoms with van der Waals surface area (Å²) in [5, 5.41) is 14.7. The number of rotatable bonds is 63. The Hall–Kier alpha value is -6.97. The molecule has 0 fully saturated rings. The molecule has 4 aromatic rings. The van der Waals surface area contributed by atoms with E-state index < -0.39 is 47.1 Å². The van der Waals surface area contributed by atoms with E-state index >= 15 is 0 Å². The zero-order chi connectivity index (χ0) is 78.2. The maximum atomic E-state index is 14.5. The first kappa shape index (κ1) is 90.9. The van der Waals surface area contributed by atoms with E-state index in [-0.39, 0.29) is 101 Å². The van der Waals surface area contributed by atoms with Gasteiger partial charge in [0.05, 0.1) is 54.5 Å². The summed E-state index contributed by atoms with van der Waals surface area (Å²) < 4.78 is 178. The Morgan fingerprint density at radius 3 is 1.39 bits per heavy atom. The first-order valence-corrected chi connectivity index (χ1v) is 41.2. The molecule has 30 nitrogen and oxygen atoms in total. The van der Waals surface area contributed by atoms with Gasteiger partial charge >= 0.3 is 5.97 Å². The van der Waals surface area contributed by atoms with Gasteiger partial charge in [-0.2, -0.15) is 25.3 Å². The number of carbonyl (C=O) groups is 3. The van der Waals surface area contributed by atoms with Crippen molar-refractivity contribution < 1.29 is 120 Å². The fraction of sp³-hybridized carbons (Fsp3) is 0.553. The summed E-state index contributed by atoms with van der Waals surface area (Å²) in [5.41, 5.74) is 2.43. The molecule has 109 heavy (non-hydrogen) atoms. The molecule has 2 aliphatic rings. The summed E-state index contributed by atoms with van der Waals surface area (Å²) >= 11 is 0. The van der Waals surface area contributed by atoms with Crippen LogP contribution < -0.4 is 16.0 Å². The third-order valence-electron chi connectivity index (χ3n) is 16.3. The smallest absolute Gasteiger partial charge is 0.305 e. The number of benzene rings is 5. The van der Waals surface area contributed by atoms with Crippen LogP contribution in [-0.2, 0) is 110 Å². The predicted molar refractivity (Wildman–Crippen MR) is 405 cm³/mol. The van der Waals surface area contributed by atoms with Gasteiger partial charge in [-0.15, -0.1) is 0 Å². The molecule has 6 N–H and O–H groups in total. The van der Waals surface area contributed by atoms with E-state index in [2.05, 4.69) is 15.6 Å². The molecule has 0 saturated carbocycles. The van der Waals surface area contributed by atoms with Crippen molar-refractivity contribution in [2.24, 2.45) is 4.99 Å². The van der Waals surface area contributed by atoms with E-state index in [9.17, 15) is 53.3 Å². The maximum Gasteiger partial charge on any atom is 0.305 e. The molecule has 0 radical (unpaired) electrons. The number of carboxylic acid groups (broad SMARTS) is 1. The van der Waals surface area contributed by atoms with Crippen molar-refractivity contribution in [2.75, 3.05) is 184 Å². The van der Waals surface area contributed by atoms with Crippen molar-refractivity contribution in [1.29, 1.82) is 0 Å². The zero-order valence-electron chi connectivity index (χ0n) is 62.2. The SMILES string of the molecule is CN(CCCC(=O)NCCOCCOCCCOCCCOCCCOCCCOCCCOCCCOCCCOCCCOCCCOCCCOCCC(=O)O)C(=O)c1ccccc1-c1c2cc(S(=O)(=O)O)c(=NCc3ccc(S(=O)(=O)O)cc3)cc-2oc2cc(NCc3ccccc3S(=O)(=O)O)ccc12. The molecule has 1 heterocycles. The minimum absolute atomic E-state index is 0.0209. The van der Waals surface area contributed by atoms with Gasteiger partial charge in [-0.1, -0.05) is 48.5 Å². The van der Waals surface area contributed by atoms with Gasteiger partial charge in [-0.25, -0.2) is 0 Å². The summed E-state index contributed by atoms with van der Waals surface area (Å²) in [6, 6.07) is 25.1. The number of ether oxygens (including phenoxy) is 12. The maximum absolute atomic E-state index is 14.5. The lowest BCUT2D eigenvalue weighted by Crippen LogP contribution is -2.31. The Kier molecular flexibility index (Phi) is 43.6. The number of nitrogens with zero attached hydrogens (tertiary/aromatic N) is 2. The normalized spacial score (nSPS) is 12.2. The zero-order valence-corrected chi connectivity index (χ0v) is 64.6. The van der Waals surface area contributed by atoms with E-state index in [4.69, 9.17) is 66.4 Å². The number of carboxylic acids is 1. The van der Waals surface area contributed by atoms with E-state index in [1.807, 2.05) is 0 Å². The molecule has 0 aromatic heterocycles. The minimum atomic E-state index is -5.00. The van der Waals surface area contributed by atoms with Gasteiger partial charge in [0, 0.05) is 205 Å². The van der Waals surface area contributed by atoms with Crippen LogP contribution in [0.25, 0.3) is 33.4 Å². The van der Waals surface area contributed by atoms with Crippen LogP contribution in [0.4, 0.5) is 5.69 Å². The van der Waals surface area contributed by atoms with Crippen molar-refractivity contribution in [3.05, 3.63) is 125 Å². The number of amides is 2. The third-order valence-corrected chi connectivity index (χ3v) is 19.0. The molecule has 4 aromatic carbocycles. The van der Waals surface area contributed by atoms with Gasteiger partial charge in [0.15, 0.2) is 0 Å². The van der Waals surface area contributed by atoms with Gasteiger partial charge in [0.2, 0.25) is 5.91 Å². The highest BCUT2D eigenvalue weighted by molar-refractivity contribution is 7.86. The van der Waals surface area contributed by atoms with Crippen LogP contribution in [0.1, 0.15) is 105 Å². The predicted octanol–water partition coefficient (Wildman–Crippen LogP) is 9.20. The van der Waals surface area contributed by atoms with Gasteiger partial charge < -0.3 is 81.9 Å². The van der Waals surface area contributed by atoms with Crippen LogP contribution in [0.15, 0.2) is 127 Å². The highest BCUT2D eigenvalue weighted by atomic mass is 32.2. The van der Waals surface area contributed by atoms with Crippen LogP contribution >= 0.6 is 0 Å². The van der Waals surface area contributed by atoms with Crippen LogP contribution in [0.2, 0.25) is 0 Å². The molecule has 0 atom stereocenters. The standard InChI is InChI=1S/C76H108N4O26S3/c1-80(76(84)65-19-4-3-18-64(65)75-66-27-24-62(78-59-61-17-2-5-20-71(61)108(88,89)90)55-69(66)106-70-57-68(72(56-67(70)75)109(91,92)93)79-58-60-22-25-63(26-23-60)107(85,86)87)30-6-21-73(81)77-29-52-105-54-53-104-50-16-48-102-46-14-44-100-42-12-40-98-38-10-36-96-34-8-32-94-31-7-33-95-35-9-37-97-39-11-41-99-43-13-45-101-47-15-49-103-51-28-74(82)83/h2-5,17-20,22-27,55-57,78H,6-16,21,28-54,58-59H2,1H3,(H,77,81)(H,82,83)(H,85,86,87)(H,88,89,90)(H,91,92,93). The van der Waals surface area contributed by atoms with Gasteiger partial charge in [-0.3, -0.25) is 33.0 Å². The van der Waals surface area contributed by atoms with Gasteiger partial charge in [0.25, 0.3) is 36.3 Å². The summed E-state index contributed by atoms with van der Waals surface area (Å²) in [6.45, 7) is 13.9. The topological polar surface area (TPSA) is 398 Å². The van der Waals surface area contributed by atoms with Crippen molar-refractivity contribution in [1.82, 2.24) is 10.2 Å². The Bertz CT molecular complexity index is 4020. The van der Waals surface area contributed by atoms with Crippen LogP contribution in [0.3, 0.4) is 0 Å². The lowest BCUT2D eigenvalue weighted by atomic mass is 9.90. The van der Waals surface area contributed by atoms with Gasteiger partial charge in [-0.05, 0) is 130 Å². The molecule has 1 aliphatic carbocycles. The summed E-state index contributed by atoms with van der Waals surface area (Å²) in [4.78, 5) is 42.4. The quantitative estimate of drug-likeness (QED) is 0.0118. The van der Waals surface area contributed by atoms with E-state index in [0.29, 0.717) is 180 Å². The van der Waals surface area contributed by atoms with Crippen molar-refractivity contribution in [3.63, 3.8) is 0 Å². The van der Waals surface area contributed by atoms with Crippen LogP contribution in [0, 0.1) is 0 Å². The van der Waals surface area contributed by atoms with Crippen molar-refractivity contribution in [2.45, 2.75) is 111 Å². The summed E-state index contributed by atoms with van der Waals surface area (Å²) in [5.74, 6) is -1.44. The second kappa shape index (κ2) is 52.3. The highest BCUT2D eigenvalue weighted by Crippen LogP contribution is 2.43. The average molecular weight is 1590 g/mol. The second-order valence-corrected chi connectivity index (χ2v) is 29.3. The van der Waals surface area contributed by atoms with E-state index in [1.54, 1.807) is 55.6 Å². The first-order valence-electron chi connectivity index (χ1n) is 36.8. The molecule has 0 spiro atoms. The summed E-state index contributed by atoms with van der Waals surface area (Å²) in [6.07, 6.45) is 8.54. The molecule has 6 rings (SSSR count). The fourth-order valence-corrected chi connectivity index (χ4v) is 12.7. The Morgan fingerprint density at radius 1 is 0.459 bits per heavy atom. The lowest BCUT2D eigenvalue weighted by Gasteiger charge is -2.22.